The molecule has 4 unspecified atom stereocenters. The van der Waals surface area contributed by atoms with Crippen molar-refractivity contribution in [2.45, 2.75) is 76.0 Å². The fourth-order valence-corrected chi connectivity index (χ4v) is 4.03. The highest BCUT2D eigenvalue weighted by Crippen LogP contribution is 2.42. The number of allylic oxidation sites excluding steroid dienone is 1. The Kier molecular flexibility index (Phi) is 4.02. The molecule has 2 heterocycles. The number of nitrogens with two attached hydrogens (primary N) is 1. The van der Waals surface area contributed by atoms with Crippen LogP contribution in [-0.4, -0.2) is 18.2 Å². The van der Waals surface area contributed by atoms with Crippen LogP contribution in [0, 0.1) is 5.92 Å². The summed E-state index contributed by atoms with van der Waals surface area (Å²) in [5, 5.41) is 0. The lowest BCUT2D eigenvalue weighted by Gasteiger charge is -2.30. The molecule has 3 aliphatic rings. The molecule has 0 aromatic rings. The molecule has 1 aliphatic carbocycles. The SMILES string of the molecule is NNC(C1=CCCCCCC1)C1CC2CCC1O2. The molecule has 0 aromatic heterocycles. The van der Waals surface area contributed by atoms with Crippen molar-refractivity contribution < 1.29 is 4.74 Å². The van der Waals surface area contributed by atoms with Gasteiger partial charge in [0.25, 0.3) is 0 Å². The van der Waals surface area contributed by atoms with Gasteiger partial charge in [0.05, 0.1) is 12.2 Å². The Morgan fingerprint density at radius 2 is 2.11 bits per heavy atom. The van der Waals surface area contributed by atoms with Crippen LogP contribution in [0.15, 0.2) is 11.6 Å². The number of hydrogen-bond acceptors (Lipinski definition) is 3. The van der Waals surface area contributed by atoms with Crippen molar-refractivity contribution in [1.29, 1.82) is 0 Å². The summed E-state index contributed by atoms with van der Waals surface area (Å²) >= 11 is 0. The fourth-order valence-electron chi connectivity index (χ4n) is 4.03. The minimum Gasteiger partial charge on any atom is -0.375 e. The molecule has 2 aliphatic heterocycles. The molecule has 3 rings (SSSR count). The van der Waals surface area contributed by atoms with Gasteiger partial charge in [0.1, 0.15) is 0 Å². The van der Waals surface area contributed by atoms with Crippen LogP contribution in [0.2, 0.25) is 0 Å². The van der Waals surface area contributed by atoms with Crippen LogP contribution in [0.25, 0.3) is 0 Å². The second-order valence-corrected chi connectivity index (χ2v) is 6.15. The second-order valence-electron chi connectivity index (χ2n) is 6.15. The number of fused-ring (bicyclic) bond motifs is 2. The third-order valence-electron chi connectivity index (χ3n) is 4.99. The number of ether oxygens (including phenoxy) is 1. The third-order valence-corrected chi connectivity index (χ3v) is 4.99. The molecular weight excluding hydrogens is 224 g/mol. The van der Waals surface area contributed by atoms with Gasteiger partial charge in [-0.05, 0) is 44.9 Å². The lowest BCUT2D eigenvalue weighted by Crippen LogP contribution is -2.45. The molecule has 3 heteroatoms. The molecule has 18 heavy (non-hydrogen) atoms. The van der Waals surface area contributed by atoms with Crippen LogP contribution in [0.5, 0.6) is 0 Å². The van der Waals surface area contributed by atoms with Gasteiger partial charge in [0.15, 0.2) is 0 Å². The minimum atomic E-state index is 0.360. The Labute approximate surface area is 110 Å². The first kappa shape index (κ1) is 12.6. The number of hydrogen-bond donors (Lipinski definition) is 2. The summed E-state index contributed by atoms with van der Waals surface area (Å²) < 4.78 is 5.99. The van der Waals surface area contributed by atoms with Crippen LogP contribution in [0.4, 0.5) is 0 Å². The van der Waals surface area contributed by atoms with E-state index in [1.807, 2.05) is 0 Å². The average Bonchev–Trinajstić information content (AvgIpc) is 2.94. The Morgan fingerprint density at radius 1 is 1.22 bits per heavy atom. The van der Waals surface area contributed by atoms with Gasteiger partial charge in [0, 0.05) is 12.0 Å². The predicted molar refractivity (Wildman–Crippen MR) is 72.9 cm³/mol. The van der Waals surface area contributed by atoms with Gasteiger partial charge in [-0.3, -0.25) is 11.3 Å². The van der Waals surface area contributed by atoms with E-state index < -0.39 is 0 Å². The van der Waals surface area contributed by atoms with Gasteiger partial charge in [-0.15, -0.1) is 0 Å². The molecule has 2 fully saturated rings. The Balaban J connectivity index is 1.70. The monoisotopic (exact) mass is 250 g/mol. The van der Waals surface area contributed by atoms with E-state index in [0.29, 0.717) is 24.2 Å². The van der Waals surface area contributed by atoms with E-state index in [9.17, 15) is 0 Å². The molecule has 3 nitrogen and oxygen atoms in total. The fraction of sp³-hybridized carbons (Fsp3) is 0.867. The first-order chi connectivity index (χ1) is 8.88. The number of rotatable bonds is 3. The van der Waals surface area contributed by atoms with Gasteiger partial charge in [0.2, 0.25) is 0 Å². The maximum absolute atomic E-state index is 5.99. The summed E-state index contributed by atoms with van der Waals surface area (Å²) in [6.45, 7) is 0. The predicted octanol–water partition coefficient (Wildman–Crippen LogP) is 2.67. The van der Waals surface area contributed by atoms with Crippen molar-refractivity contribution in [3.8, 4) is 0 Å². The molecule has 3 N–H and O–H groups in total. The van der Waals surface area contributed by atoms with Crippen LogP contribution in [-0.2, 0) is 4.74 Å². The van der Waals surface area contributed by atoms with E-state index >= 15 is 0 Å². The van der Waals surface area contributed by atoms with E-state index in [-0.39, 0.29) is 0 Å². The molecule has 0 saturated carbocycles. The number of hydrazine groups is 1. The molecule has 0 amide bonds. The largest absolute Gasteiger partial charge is 0.375 e. The van der Waals surface area contributed by atoms with E-state index in [1.54, 1.807) is 5.57 Å². The van der Waals surface area contributed by atoms with Crippen molar-refractivity contribution in [2.24, 2.45) is 11.8 Å². The zero-order chi connectivity index (χ0) is 12.4. The van der Waals surface area contributed by atoms with Gasteiger partial charge in [-0.25, -0.2) is 0 Å². The van der Waals surface area contributed by atoms with Gasteiger partial charge in [-0.2, -0.15) is 0 Å². The summed E-state index contributed by atoms with van der Waals surface area (Å²) in [5.41, 5.74) is 4.65. The molecule has 0 radical (unpaired) electrons. The molecule has 0 aromatic carbocycles. The highest BCUT2D eigenvalue weighted by Gasteiger charge is 2.44. The van der Waals surface area contributed by atoms with E-state index in [2.05, 4.69) is 11.5 Å². The second kappa shape index (κ2) is 5.72. The first-order valence-corrected chi connectivity index (χ1v) is 7.69. The zero-order valence-electron chi connectivity index (χ0n) is 11.2. The smallest absolute Gasteiger partial charge is 0.0627 e. The van der Waals surface area contributed by atoms with Gasteiger partial charge in [-0.1, -0.05) is 24.5 Å². The van der Waals surface area contributed by atoms with E-state index in [0.717, 1.165) is 0 Å². The van der Waals surface area contributed by atoms with E-state index in [1.165, 1.54) is 57.8 Å². The maximum Gasteiger partial charge on any atom is 0.0627 e. The normalized spacial score (nSPS) is 38.1. The zero-order valence-corrected chi connectivity index (χ0v) is 11.2. The van der Waals surface area contributed by atoms with Crippen molar-refractivity contribution in [1.82, 2.24) is 5.43 Å². The van der Waals surface area contributed by atoms with Crippen molar-refractivity contribution in [2.75, 3.05) is 0 Å². The topological polar surface area (TPSA) is 47.3 Å². The summed E-state index contributed by atoms with van der Waals surface area (Å²) in [7, 11) is 0. The molecular formula is C15H26N2O. The number of nitrogens with one attached hydrogen (secondary N) is 1. The van der Waals surface area contributed by atoms with Crippen LogP contribution >= 0.6 is 0 Å². The average molecular weight is 250 g/mol. The van der Waals surface area contributed by atoms with Crippen molar-refractivity contribution >= 4 is 0 Å². The third kappa shape index (κ3) is 2.49. The molecule has 4 atom stereocenters. The minimum absolute atomic E-state index is 0.360. The lowest BCUT2D eigenvalue weighted by atomic mass is 9.79. The van der Waals surface area contributed by atoms with Crippen LogP contribution in [0.1, 0.15) is 57.8 Å². The molecule has 2 saturated heterocycles. The maximum atomic E-state index is 5.99. The summed E-state index contributed by atoms with van der Waals surface area (Å²) in [6, 6.07) is 0.360. The molecule has 0 spiro atoms. The Hall–Kier alpha value is -0.380. The standard InChI is InChI=1S/C15H26N2O/c16-17-15(11-6-4-2-1-3-5-7-11)13-10-12-8-9-14(13)18-12/h6,12-15,17H,1-5,7-10,16H2. The quantitative estimate of drug-likeness (QED) is 0.460. The summed E-state index contributed by atoms with van der Waals surface area (Å²) in [5.74, 6) is 6.47. The molecule has 2 bridgehead atoms. The summed E-state index contributed by atoms with van der Waals surface area (Å²) in [6.07, 6.45) is 15.0. The Bertz CT molecular complexity index is 316. The van der Waals surface area contributed by atoms with Crippen molar-refractivity contribution in [3.05, 3.63) is 11.6 Å². The van der Waals surface area contributed by atoms with E-state index in [4.69, 9.17) is 10.6 Å². The highest BCUT2D eigenvalue weighted by molar-refractivity contribution is 5.16. The summed E-state index contributed by atoms with van der Waals surface area (Å²) in [4.78, 5) is 0. The lowest BCUT2D eigenvalue weighted by molar-refractivity contribution is 0.0878. The van der Waals surface area contributed by atoms with Crippen LogP contribution in [0.3, 0.4) is 0 Å². The van der Waals surface area contributed by atoms with Crippen molar-refractivity contribution in [3.63, 3.8) is 0 Å². The highest BCUT2D eigenvalue weighted by atomic mass is 16.5. The van der Waals surface area contributed by atoms with Gasteiger partial charge >= 0.3 is 0 Å². The molecule has 102 valence electrons. The van der Waals surface area contributed by atoms with Crippen LogP contribution < -0.4 is 11.3 Å². The Morgan fingerprint density at radius 3 is 2.83 bits per heavy atom. The first-order valence-electron chi connectivity index (χ1n) is 7.69. The van der Waals surface area contributed by atoms with Gasteiger partial charge < -0.3 is 4.74 Å².